The summed E-state index contributed by atoms with van der Waals surface area (Å²) in [5, 5.41) is 1.62. The zero-order chi connectivity index (χ0) is 13.9. The Hall–Kier alpha value is -1.65. The van der Waals surface area contributed by atoms with Crippen LogP contribution in [-0.4, -0.2) is 17.1 Å². The zero-order valence-electron chi connectivity index (χ0n) is 10.9. The van der Waals surface area contributed by atoms with Crippen molar-refractivity contribution in [1.29, 1.82) is 0 Å². The second-order valence-electron chi connectivity index (χ2n) is 4.34. The van der Waals surface area contributed by atoms with Crippen LogP contribution in [0, 0.1) is 0 Å². The average Bonchev–Trinajstić information content (AvgIpc) is 2.87. The number of aromatic amines is 1. The van der Waals surface area contributed by atoms with Crippen molar-refractivity contribution in [2.45, 2.75) is 10.9 Å². The minimum absolute atomic E-state index is 0.716. The molecule has 0 aliphatic rings. The van der Waals surface area contributed by atoms with Crippen LogP contribution in [0.25, 0.3) is 11.0 Å². The molecule has 0 amide bonds. The number of nitrogens with zero attached hydrogens (tertiary/aromatic N) is 1. The number of aromatic nitrogens is 2. The van der Waals surface area contributed by atoms with Crippen LogP contribution in [0.2, 0.25) is 5.02 Å². The SMILES string of the molecule is COc1ccc(CSc2nc3ccc(Cl)cc3[nH]2)cc1. The number of fused-ring (bicyclic) bond motifs is 1. The fourth-order valence-electron chi connectivity index (χ4n) is 1.90. The lowest BCUT2D eigenvalue weighted by molar-refractivity contribution is 0.414. The smallest absolute Gasteiger partial charge is 0.166 e. The number of hydrogen-bond donors (Lipinski definition) is 1. The van der Waals surface area contributed by atoms with E-state index in [1.54, 1.807) is 18.9 Å². The molecule has 0 saturated heterocycles. The normalized spacial score (nSPS) is 10.9. The van der Waals surface area contributed by atoms with E-state index in [-0.39, 0.29) is 0 Å². The first-order valence-electron chi connectivity index (χ1n) is 6.15. The van der Waals surface area contributed by atoms with E-state index in [1.165, 1.54) is 5.56 Å². The highest BCUT2D eigenvalue weighted by Gasteiger charge is 2.04. The Labute approximate surface area is 126 Å². The minimum Gasteiger partial charge on any atom is -0.497 e. The van der Waals surface area contributed by atoms with Gasteiger partial charge in [0.2, 0.25) is 0 Å². The molecule has 0 unspecified atom stereocenters. The van der Waals surface area contributed by atoms with Gasteiger partial charge >= 0.3 is 0 Å². The van der Waals surface area contributed by atoms with Crippen molar-refractivity contribution < 1.29 is 4.74 Å². The van der Waals surface area contributed by atoms with E-state index in [4.69, 9.17) is 16.3 Å². The molecular weight excluding hydrogens is 292 g/mol. The summed E-state index contributed by atoms with van der Waals surface area (Å²) in [6.07, 6.45) is 0. The molecule has 3 aromatic rings. The van der Waals surface area contributed by atoms with Crippen molar-refractivity contribution in [3.63, 3.8) is 0 Å². The summed E-state index contributed by atoms with van der Waals surface area (Å²) in [5.74, 6) is 1.73. The van der Waals surface area contributed by atoms with Crippen LogP contribution in [0.15, 0.2) is 47.6 Å². The van der Waals surface area contributed by atoms with Crippen molar-refractivity contribution >= 4 is 34.4 Å². The van der Waals surface area contributed by atoms with E-state index >= 15 is 0 Å². The number of nitrogens with one attached hydrogen (secondary N) is 1. The Balaban J connectivity index is 1.72. The summed E-state index contributed by atoms with van der Waals surface area (Å²) in [6, 6.07) is 13.7. The maximum absolute atomic E-state index is 5.96. The number of H-pyrrole nitrogens is 1. The predicted octanol–water partition coefficient (Wildman–Crippen LogP) is 4.52. The van der Waals surface area contributed by atoms with Gasteiger partial charge in [-0.25, -0.2) is 4.98 Å². The van der Waals surface area contributed by atoms with Gasteiger partial charge in [0.1, 0.15) is 5.75 Å². The molecule has 1 N–H and O–H groups in total. The highest BCUT2D eigenvalue weighted by Crippen LogP contribution is 2.25. The van der Waals surface area contributed by atoms with Gasteiger partial charge in [0.15, 0.2) is 5.16 Å². The van der Waals surface area contributed by atoms with E-state index < -0.39 is 0 Å². The number of ether oxygens (including phenoxy) is 1. The molecule has 1 heterocycles. The highest BCUT2D eigenvalue weighted by molar-refractivity contribution is 7.98. The van der Waals surface area contributed by atoms with Gasteiger partial charge in [0, 0.05) is 10.8 Å². The van der Waals surface area contributed by atoms with E-state index in [0.29, 0.717) is 5.02 Å². The van der Waals surface area contributed by atoms with Crippen LogP contribution in [0.3, 0.4) is 0 Å². The lowest BCUT2D eigenvalue weighted by Crippen LogP contribution is -1.84. The number of methoxy groups -OCH3 is 1. The first-order valence-corrected chi connectivity index (χ1v) is 7.52. The lowest BCUT2D eigenvalue weighted by Gasteiger charge is -2.01. The van der Waals surface area contributed by atoms with Crippen molar-refractivity contribution in [1.82, 2.24) is 9.97 Å². The molecule has 102 valence electrons. The molecule has 0 bridgehead atoms. The van der Waals surface area contributed by atoms with Crippen LogP contribution in [0.5, 0.6) is 5.75 Å². The summed E-state index contributed by atoms with van der Waals surface area (Å²) in [7, 11) is 1.67. The monoisotopic (exact) mass is 304 g/mol. The lowest BCUT2D eigenvalue weighted by atomic mass is 10.2. The predicted molar refractivity (Wildman–Crippen MR) is 83.7 cm³/mol. The Morgan fingerprint density at radius 1 is 1.20 bits per heavy atom. The molecule has 0 radical (unpaired) electrons. The minimum atomic E-state index is 0.716. The summed E-state index contributed by atoms with van der Waals surface area (Å²) in [6.45, 7) is 0. The quantitative estimate of drug-likeness (QED) is 0.720. The number of hydrogen-bond acceptors (Lipinski definition) is 3. The Morgan fingerprint density at radius 3 is 2.75 bits per heavy atom. The van der Waals surface area contributed by atoms with Crippen LogP contribution >= 0.6 is 23.4 Å². The second-order valence-corrected chi connectivity index (χ2v) is 5.74. The van der Waals surface area contributed by atoms with Crippen LogP contribution in [0.4, 0.5) is 0 Å². The van der Waals surface area contributed by atoms with Crippen LogP contribution < -0.4 is 4.74 Å². The zero-order valence-corrected chi connectivity index (χ0v) is 12.5. The first-order chi connectivity index (χ1) is 9.74. The molecule has 1 aromatic heterocycles. The van der Waals surface area contributed by atoms with Gasteiger partial charge in [-0.15, -0.1) is 0 Å². The van der Waals surface area contributed by atoms with Gasteiger partial charge in [-0.05, 0) is 35.9 Å². The topological polar surface area (TPSA) is 37.9 Å². The highest BCUT2D eigenvalue weighted by atomic mass is 35.5. The molecule has 0 aliphatic carbocycles. The first kappa shape index (κ1) is 13.3. The number of halogens is 1. The molecule has 0 spiro atoms. The van der Waals surface area contributed by atoms with Crippen LogP contribution in [-0.2, 0) is 5.75 Å². The largest absolute Gasteiger partial charge is 0.497 e. The fraction of sp³-hybridized carbons (Fsp3) is 0.133. The average molecular weight is 305 g/mol. The Morgan fingerprint density at radius 2 is 2.00 bits per heavy atom. The van der Waals surface area contributed by atoms with E-state index in [9.17, 15) is 0 Å². The van der Waals surface area contributed by atoms with Gasteiger partial charge < -0.3 is 9.72 Å². The third-order valence-electron chi connectivity index (χ3n) is 2.96. The summed E-state index contributed by atoms with van der Waals surface area (Å²) >= 11 is 7.63. The van der Waals surface area contributed by atoms with Crippen LogP contribution in [0.1, 0.15) is 5.56 Å². The van der Waals surface area contributed by atoms with Gasteiger partial charge in [-0.3, -0.25) is 0 Å². The third kappa shape index (κ3) is 2.92. The van der Waals surface area contributed by atoms with Crippen molar-refractivity contribution in [2.75, 3.05) is 7.11 Å². The third-order valence-corrected chi connectivity index (χ3v) is 4.14. The molecule has 0 fully saturated rings. The summed E-state index contributed by atoms with van der Waals surface area (Å²) in [5.41, 5.74) is 3.13. The number of benzene rings is 2. The molecule has 5 heteroatoms. The van der Waals surface area contributed by atoms with E-state index in [2.05, 4.69) is 22.1 Å². The Bertz CT molecular complexity index is 724. The molecule has 3 rings (SSSR count). The van der Waals surface area contributed by atoms with Crippen molar-refractivity contribution in [3.8, 4) is 5.75 Å². The molecule has 2 aromatic carbocycles. The van der Waals surface area contributed by atoms with Gasteiger partial charge in [0.25, 0.3) is 0 Å². The molecule has 20 heavy (non-hydrogen) atoms. The van der Waals surface area contributed by atoms with E-state index in [0.717, 1.165) is 27.7 Å². The van der Waals surface area contributed by atoms with Gasteiger partial charge in [-0.2, -0.15) is 0 Å². The molecule has 0 aliphatic heterocycles. The standard InChI is InChI=1S/C15H13ClN2OS/c1-19-12-5-2-10(3-6-12)9-20-15-17-13-7-4-11(16)8-14(13)18-15/h2-8H,9H2,1H3,(H,17,18). The maximum atomic E-state index is 5.96. The summed E-state index contributed by atoms with van der Waals surface area (Å²) in [4.78, 5) is 7.80. The fourth-order valence-corrected chi connectivity index (χ4v) is 2.91. The molecule has 0 atom stereocenters. The molecule has 3 nitrogen and oxygen atoms in total. The number of imidazole rings is 1. The maximum Gasteiger partial charge on any atom is 0.166 e. The number of rotatable bonds is 4. The van der Waals surface area contributed by atoms with Crippen molar-refractivity contribution in [3.05, 3.63) is 53.1 Å². The van der Waals surface area contributed by atoms with Crippen molar-refractivity contribution in [2.24, 2.45) is 0 Å². The summed E-state index contributed by atoms with van der Waals surface area (Å²) < 4.78 is 5.15. The molecular formula is C15H13ClN2OS. The van der Waals surface area contributed by atoms with E-state index in [1.807, 2.05) is 30.3 Å². The van der Waals surface area contributed by atoms with Gasteiger partial charge in [-0.1, -0.05) is 35.5 Å². The van der Waals surface area contributed by atoms with Gasteiger partial charge in [0.05, 0.1) is 18.1 Å². The Kier molecular flexibility index (Phi) is 3.85. The second kappa shape index (κ2) is 5.77. The molecule has 0 saturated carbocycles. The number of thioether (sulfide) groups is 1.